The van der Waals surface area contributed by atoms with Gasteiger partial charge < -0.3 is 10.5 Å². The second-order valence-electron chi connectivity index (χ2n) is 5.53. The largest absolute Gasteiger partial charge is 0.459 e. The summed E-state index contributed by atoms with van der Waals surface area (Å²) in [6.07, 6.45) is 0.849. The van der Waals surface area contributed by atoms with Crippen molar-refractivity contribution in [1.29, 1.82) is 0 Å². The van der Waals surface area contributed by atoms with E-state index in [1.165, 1.54) is 23.1 Å². The molecular formula is C14H22ClNO2S2. The van der Waals surface area contributed by atoms with Gasteiger partial charge in [-0.05, 0) is 39.3 Å². The highest BCUT2D eigenvalue weighted by molar-refractivity contribution is 8.00. The maximum atomic E-state index is 11.8. The van der Waals surface area contributed by atoms with E-state index in [9.17, 15) is 4.79 Å². The molecule has 0 aliphatic heterocycles. The third-order valence-electron chi connectivity index (χ3n) is 2.54. The Hall–Kier alpha value is -0.230. The molecule has 0 radical (unpaired) electrons. The number of rotatable bonds is 6. The summed E-state index contributed by atoms with van der Waals surface area (Å²) in [6.45, 7) is 7.64. The van der Waals surface area contributed by atoms with E-state index in [2.05, 4.69) is 0 Å². The number of carbonyl (C=O) groups excluding carboxylic acids is 1. The molecule has 0 aromatic carbocycles. The van der Waals surface area contributed by atoms with Gasteiger partial charge in [0.15, 0.2) is 0 Å². The van der Waals surface area contributed by atoms with Crippen LogP contribution in [0.5, 0.6) is 0 Å². The van der Waals surface area contributed by atoms with E-state index in [4.69, 9.17) is 22.1 Å². The Bertz CT molecular complexity index is 443. The standard InChI is InChI=1S/C14H22ClNO2S2/c1-5-9(16)13(10-6-7-11(15)20-10)19-8-12(17)18-14(2,3)4/h6-7,9,13H,5,8,16H2,1-4H3. The Balaban J connectivity index is 2.65. The van der Waals surface area contributed by atoms with Crippen molar-refractivity contribution < 1.29 is 9.53 Å². The first-order valence-corrected chi connectivity index (χ1v) is 8.81. The summed E-state index contributed by atoms with van der Waals surface area (Å²) in [7, 11) is 0. The molecule has 0 fully saturated rings. The van der Waals surface area contributed by atoms with Crippen molar-refractivity contribution in [2.45, 2.75) is 51.0 Å². The first-order valence-electron chi connectivity index (χ1n) is 6.57. The molecule has 20 heavy (non-hydrogen) atoms. The van der Waals surface area contributed by atoms with Gasteiger partial charge in [-0.25, -0.2) is 0 Å². The lowest BCUT2D eigenvalue weighted by atomic mass is 10.1. The van der Waals surface area contributed by atoms with Gasteiger partial charge in [0, 0.05) is 10.9 Å². The van der Waals surface area contributed by atoms with Crippen LogP contribution < -0.4 is 5.73 Å². The predicted molar refractivity (Wildman–Crippen MR) is 88.6 cm³/mol. The number of thiophene rings is 1. The first kappa shape index (κ1) is 17.8. The fourth-order valence-electron chi connectivity index (χ4n) is 1.64. The van der Waals surface area contributed by atoms with Crippen molar-refractivity contribution in [1.82, 2.24) is 0 Å². The number of halogens is 1. The molecule has 114 valence electrons. The summed E-state index contributed by atoms with van der Waals surface area (Å²) < 4.78 is 6.06. The molecule has 1 rings (SSSR count). The van der Waals surface area contributed by atoms with Gasteiger partial charge in [-0.1, -0.05) is 18.5 Å². The molecule has 0 saturated carbocycles. The van der Waals surface area contributed by atoms with Gasteiger partial charge in [0.2, 0.25) is 0 Å². The number of hydrogen-bond donors (Lipinski definition) is 1. The maximum absolute atomic E-state index is 11.8. The zero-order chi connectivity index (χ0) is 15.3. The molecular weight excluding hydrogens is 314 g/mol. The van der Waals surface area contributed by atoms with E-state index in [0.717, 1.165) is 15.6 Å². The highest BCUT2D eigenvalue weighted by Crippen LogP contribution is 2.38. The van der Waals surface area contributed by atoms with E-state index in [0.29, 0.717) is 5.75 Å². The number of ether oxygens (including phenoxy) is 1. The number of carbonyl (C=O) groups is 1. The molecule has 0 aliphatic rings. The van der Waals surface area contributed by atoms with Crippen molar-refractivity contribution in [2.24, 2.45) is 5.73 Å². The molecule has 2 atom stereocenters. The van der Waals surface area contributed by atoms with Gasteiger partial charge in [0.05, 0.1) is 15.3 Å². The van der Waals surface area contributed by atoms with Gasteiger partial charge in [0.25, 0.3) is 0 Å². The van der Waals surface area contributed by atoms with Crippen LogP contribution >= 0.6 is 34.7 Å². The van der Waals surface area contributed by atoms with Gasteiger partial charge in [-0.2, -0.15) is 0 Å². The third-order valence-corrected chi connectivity index (χ3v) is 5.36. The molecule has 1 aromatic rings. The lowest BCUT2D eigenvalue weighted by Crippen LogP contribution is -2.28. The lowest BCUT2D eigenvalue weighted by Gasteiger charge is -2.23. The number of esters is 1. The summed E-state index contributed by atoms with van der Waals surface area (Å²) >= 11 is 9.02. The van der Waals surface area contributed by atoms with Crippen LogP contribution in [0.3, 0.4) is 0 Å². The number of hydrogen-bond acceptors (Lipinski definition) is 5. The minimum absolute atomic E-state index is 0.00264. The van der Waals surface area contributed by atoms with Crippen LogP contribution in [0.2, 0.25) is 4.34 Å². The van der Waals surface area contributed by atoms with E-state index in [-0.39, 0.29) is 17.3 Å². The van der Waals surface area contributed by atoms with Crippen LogP contribution in [0.15, 0.2) is 12.1 Å². The normalized spacial score (nSPS) is 14.9. The molecule has 6 heteroatoms. The summed E-state index contributed by atoms with van der Waals surface area (Å²) in [5.74, 6) is 0.0870. The van der Waals surface area contributed by atoms with Gasteiger partial charge in [-0.15, -0.1) is 23.1 Å². The van der Waals surface area contributed by atoms with Crippen molar-refractivity contribution >= 4 is 40.7 Å². The molecule has 0 aliphatic carbocycles. The summed E-state index contributed by atoms with van der Waals surface area (Å²) in [6, 6.07) is 3.84. The summed E-state index contributed by atoms with van der Waals surface area (Å²) in [4.78, 5) is 12.9. The molecule has 2 N–H and O–H groups in total. The average Bonchev–Trinajstić information content (AvgIpc) is 2.73. The van der Waals surface area contributed by atoms with Crippen LogP contribution in [0.1, 0.15) is 44.2 Å². The Morgan fingerprint density at radius 2 is 2.15 bits per heavy atom. The Labute approximate surface area is 134 Å². The summed E-state index contributed by atoms with van der Waals surface area (Å²) in [5.41, 5.74) is 5.71. The predicted octanol–water partition coefficient (Wildman–Crippen LogP) is 4.25. The molecule has 0 saturated heterocycles. The van der Waals surface area contributed by atoms with Crippen molar-refractivity contribution in [2.75, 3.05) is 5.75 Å². The second kappa shape index (κ2) is 7.69. The highest BCUT2D eigenvalue weighted by Gasteiger charge is 2.24. The molecule has 2 unspecified atom stereocenters. The van der Waals surface area contributed by atoms with Crippen LogP contribution in [-0.2, 0) is 9.53 Å². The maximum Gasteiger partial charge on any atom is 0.316 e. The quantitative estimate of drug-likeness (QED) is 0.789. The van der Waals surface area contributed by atoms with E-state index >= 15 is 0 Å². The van der Waals surface area contributed by atoms with Crippen LogP contribution in [0, 0.1) is 0 Å². The SMILES string of the molecule is CCC(N)C(SCC(=O)OC(C)(C)C)c1ccc(Cl)s1. The lowest BCUT2D eigenvalue weighted by molar-refractivity contribution is -0.151. The van der Waals surface area contributed by atoms with Crippen molar-refractivity contribution in [3.05, 3.63) is 21.3 Å². The van der Waals surface area contributed by atoms with E-state index in [1.54, 1.807) is 0 Å². The third kappa shape index (κ3) is 6.04. The number of thioether (sulfide) groups is 1. The molecule has 3 nitrogen and oxygen atoms in total. The zero-order valence-electron chi connectivity index (χ0n) is 12.3. The molecule has 0 bridgehead atoms. The molecule has 1 aromatic heterocycles. The number of nitrogens with two attached hydrogens (primary N) is 1. The van der Waals surface area contributed by atoms with Crippen molar-refractivity contribution in [3.63, 3.8) is 0 Å². The van der Waals surface area contributed by atoms with Crippen LogP contribution in [0.4, 0.5) is 0 Å². The van der Waals surface area contributed by atoms with E-state index < -0.39 is 5.60 Å². The minimum Gasteiger partial charge on any atom is -0.459 e. The van der Waals surface area contributed by atoms with Gasteiger partial charge in [-0.3, -0.25) is 4.79 Å². The van der Waals surface area contributed by atoms with Crippen molar-refractivity contribution in [3.8, 4) is 0 Å². The topological polar surface area (TPSA) is 52.3 Å². The van der Waals surface area contributed by atoms with Gasteiger partial charge >= 0.3 is 5.97 Å². The van der Waals surface area contributed by atoms with Gasteiger partial charge in [0.1, 0.15) is 5.60 Å². The first-order chi connectivity index (χ1) is 9.23. The fourth-order valence-corrected chi connectivity index (χ4v) is 4.16. The Kier molecular flexibility index (Phi) is 6.85. The average molecular weight is 336 g/mol. The Morgan fingerprint density at radius 3 is 2.60 bits per heavy atom. The monoisotopic (exact) mass is 335 g/mol. The minimum atomic E-state index is -0.452. The zero-order valence-corrected chi connectivity index (χ0v) is 14.7. The molecule has 0 spiro atoms. The smallest absolute Gasteiger partial charge is 0.316 e. The molecule has 1 heterocycles. The van der Waals surface area contributed by atoms with Crippen LogP contribution in [0.25, 0.3) is 0 Å². The molecule has 0 amide bonds. The fraction of sp³-hybridized carbons (Fsp3) is 0.643. The van der Waals surface area contributed by atoms with Crippen LogP contribution in [-0.4, -0.2) is 23.4 Å². The highest BCUT2D eigenvalue weighted by atomic mass is 35.5. The Morgan fingerprint density at radius 1 is 1.50 bits per heavy atom. The summed E-state index contributed by atoms with van der Waals surface area (Å²) in [5, 5.41) is 0.0741. The van der Waals surface area contributed by atoms with E-state index in [1.807, 2.05) is 39.8 Å². The second-order valence-corrected chi connectivity index (χ2v) is 8.41.